The summed E-state index contributed by atoms with van der Waals surface area (Å²) in [5, 5.41) is 3.19. The molecule has 0 bridgehead atoms. The van der Waals surface area contributed by atoms with E-state index in [9.17, 15) is 9.59 Å². The lowest BCUT2D eigenvalue weighted by molar-refractivity contribution is -0.116. The second kappa shape index (κ2) is 6.25. The molecule has 1 heterocycles. The Hall–Kier alpha value is -2.27. The fraction of sp³-hybridized carbons (Fsp3) is 0.143. The lowest BCUT2D eigenvalue weighted by Gasteiger charge is -2.08. The Morgan fingerprint density at radius 2 is 1.95 bits per heavy atom. The van der Waals surface area contributed by atoms with Gasteiger partial charge in [0.1, 0.15) is 0 Å². The molecule has 104 valence electrons. The number of benzene rings is 1. The molecule has 0 atom stereocenters. The van der Waals surface area contributed by atoms with Gasteiger partial charge in [-0.25, -0.2) is 0 Å². The average molecular weight is 292 g/mol. The topological polar surface area (TPSA) is 77.1 Å². The smallest absolute Gasteiger partial charge is 0.226 e. The van der Waals surface area contributed by atoms with Crippen molar-refractivity contribution in [1.82, 2.24) is 4.57 Å². The van der Waals surface area contributed by atoms with E-state index < -0.39 is 0 Å². The molecule has 1 aromatic heterocycles. The van der Waals surface area contributed by atoms with Gasteiger partial charge in [0.15, 0.2) is 5.43 Å². The number of hydrogen-bond acceptors (Lipinski definition) is 3. The summed E-state index contributed by atoms with van der Waals surface area (Å²) in [7, 11) is 0. The number of aryl methyl sites for hydroxylation is 1. The number of carbonyl (C=O) groups excluding carboxylic acids is 1. The number of nitrogens with zero attached hydrogens (tertiary/aromatic N) is 1. The second-order valence-corrected chi connectivity index (χ2v) is 4.71. The third-order valence-electron chi connectivity index (χ3n) is 2.74. The van der Waals surface area contributed by atoms with Crippen molar-refractivity contribution in [3.63, 3.8) is 0 Å². The minimum absolute atomic E-state index is 0.0534. The van der Waals surface area contributed by atoms with Crippen LogP contribution in [0.15, 0.2) is 47.5 Å². The van der Waals surface area contributed by atoms with E-state index in [-0.39, 0.29) is 11.3 Å². The first-order valence-electron chi connectivity index (χ1n) is 6.05. The Balaban J connectivity index is 1.90. The Bertz CT molecular complexity index is 662. The molecule has 1 amide bonds. The highest BCUT2D eigenvalue weighted by Crippen LogP contribution is 2.22. The molecule has 2 aromatic rings. The molecule has 1 aromatic carbocycles. The first-order valence-corrected chi connectivity index (χ1v) is 6.43. The van der Waals surface area contributed by atoms with Crippen molar-refractivity contribution in [2.45, 2.75) is 13.0 Å². The van der Waals surface area contributed by atoms with Gasteiger partial charge in [-0.15, -0.1) is 0 Å². The number of amides is 1. The van der Waals surface area contributed by atoms with E-state index in [1.165, 1.54) is 12.1 Å². The quantitative estimate of drug-likeness (QED) is 0.847. The number of anilines is 2. The zero-order chi connectivity index (χ0) is 14.5. The standard InChI is InChI=1S/C14H14ClN3O2/c15-12-2-1-10(9-13(12)16)17-14(20)5-8-18-6-3-11(19)4-7-18/h1-4,6-7,9H,5,8,16H2,(H,17,20). The van der Waals surface area contributed by atoms with Crippen LogP contribution in [0, 0.1) is 0 Å². The summed E-state index contributed by atoms with van der Waals surface area (Å²) in [5.41, 5.74) is 6.63. The van der Waals surface area contributed by atoms with Crippen LogP contribution in [0.2, 0.25) is 5.02 Å². The van der Waals surface area contributed by atoms with Crippen LogP contribution in [-0.2, 0) is 11.3 Å². The Morgan fingerprint density at radius 1 is 1.25 bits per heavy atom. The van der Waals surface area contributed by atoms with Crippen LogP contribution in [-0.4, -0.2) is 10.5 Å². The Labute approximate surface area is 121 Å². The number of nitrogens with one attached hydrogen (secondary N) is 1. The van der Waals surface area contributed by atoms with Gasteiger partial charge in [0.25, 0.3) is 0 Å². The summed E-state index contributed by atoms with van der Waals surface area (Å²) in [4.78, 5) is 22.7. The fourth-order valence-electron chi connectivity index (χ4n) is 1.67. The summed E-state index contributed by atoms with van der Waals surface area (Å²) in [5.74, 6) is -0.134. The summed E-state index contributed by atoms with van der Waals surface area (Å²) in [6, 6.07) is 7.85. The molecule has 0 saturated carbocycles. The average Bonchev–Trinajstić information content (AvgIpc) is 2.42. The van der Waals surface area contributed by atoms with Crippen LogP contribution < -0.4 is 16.5 Å². The van der Waals surface area contributed by atoms with E-state index in [1.54, 1.807) is 35.2 Å². The Kier molecular flexibility index (Phi) is 4.42. The van der Waals surface area contributed by atoms with Gasteiger partial charge in [-0.05, 0) is 18.2 Å². The van der Waals surface area contributed by atoms with E-state index in [0.29, 0.717) is 29.4 Å². The van der Waals surface area contributed by atoms with E-state index in [2.05, 4.69) is 5.32 Å². The highest BCUT2D eigenvalue weighted by molar-refractivity contribution is 6.33. The van der Waals surface area contributed by atoms with Crippen molar-refractivity contribution in [1.29, 1.82) is 0 Å². The number of pyridine rings is 1. The Morgan fingerprint density at radius 3 is 2.60 bits per heavy atom. The number of nitrogens with two attached hydrogens (primary N) is 1. The molecule has 0 unspecified atom stereocenters. The van der Waals surface area contributed by atoms with Gasteiger partial charge in [0.2, 0.25) is 5.91 Å². The highest BCUT2D eigenvalue weighted by Gasteiger charge is 2.04. The molecule has 6 heteroatoms. The lowest BCUT2D eigenvalue weighted by Crippen LogP contribution is -2.15. The molecule has 0 aliphatic heterocycles. The number of carbonyl (C=O) groups is 1. The number of nitrogen functional groups attached to an aromatic ring is 1. The zero-order valence-electron chi connectivity index (χ0n) is 10.7. The third kappa shape index (κ3) is 3.86. The number of halogens is 1. The van der Waals surface area contributed by atoms with Gasteiger partial charge in [-0.2, -0.15) is 0 Å². The van der Waals surface area contributed by atoms with Gasteiger partial charge in [0.05, 0.1) is 10.7 Å². The van der Waals surface area contributed by atoms with Crippen LogP contribution in [0.25, 0.3) is 0 Å². The zero-order valence-corrected chi connectivity index (χ0v) is 11.4. The number of rotatable bonds is 4. The molecular weight excluding hydrogens is 278 g/mol. The van der Waals surface area contributed by atoms with E-state index in [1.807, 2.05) is 0 Å². The first-order chi connectivity index (χ1) is 9.54. The van der Waals surface area contributed by atoms with Gasteiger partial charge in [-0.3, -0.25) is 9.59 Å². The van der Waals surface area contributed by atoms with Crippen LogP contribution in [0.3, 0.4) is 0 Å². The van der Waals surface area contributed by atoms with Gasteiger partial charge in [-0.1, -0.05) is 11.6 Å². The second-order valence-electron chi connectivity index (χ2n) is 4.31. The van der Waals surface area contributed by atoms with Crippen molar-refractivity contribution < 1.29 is 4.79 Å². The van der Waals surface area contributed by atoms with Gasteiger partial charge >= 0.3 is 0 Å². The molecular formula is C14H14ClN3O2. The van der Waals surface area contributed by atoms with Crippen molar-refractivity contribution in [2.24, 2.45) is 0 Å². The van der Waals surface area contributed by atoms with Crippen molar-refractivity contribution >= 4 is 28.9 Å². The minimum Gasteiger partial charge on any atom is -0.397 e. The molecule has 3 N–H and O–H groups in total. The molecule has 2 rings (SSSR count). The largest absolute Gasteiger partial charge is 0.397 e. The molecule has 5 nitrogen and oxygen atoms in total. The molecule has 0 saturated heterocycles. The maximum atomic E-state index is 11.8. The van der Waals surface area contributed by atoms with Crippen LogP contribution in [0.5, 0.6) is 0 Å². The van der Waals surface area contributed by atoms with E-state index in [0.717, 1.165) is 0 Å². The lowest BCUT2D eigenvalue weighted by atomic mass is 10.2. The summed E-state index contributed by atoms with van der Waals surface area (Å²) >= 11 is 5.80. The number of hydrogen-bond donors (Lipinski definition) is 2. The summed E-state index contributed by atoms with van der Waals surface area (Å²) in [6.07, 6.45) is 3.59. The van der Waals surface area contributed by atoms with Gasteiger partial charge < -0.3 is 15.6 Å². The third-order valence-corrected chi connectivity index (χ3v) is 3.08. The summed E-state index contributed by atoms with van der Waals surface area (Å²) < 4.78 is 1.78. The van der Waals surface area contributed by atoms with Crippen LogP contribution in [0.4, 0.5) is 11.4 Å². The molecule has 0 aliphatic carbocycles. The van der Waals surface area contributed by atoms with Crippen LogP contribution >= 0.6 is 11.6 Å². The van der Waals surface area contributed by atoms with E-state index in [4.69, 9.17) is 17.3 Å². The predicted octanol–water partition coefficient (Wildman–Crippen LogP) is 2.11. The van der Waals surface area contributed by atoms with Crippen molar-refractivity contribution in [2.75, 3.05) is 11.1 Å². The molecule has 20 heavy (non-hydrogen) atoms. The normalized spacial score (nSPS) is 10.2. The molecule has 0 spiro atoms. The van der Waals surface area contributed by atoms with Crippen molar-refractivity contribution in [3.05, 3.63) is 58.0 Å². The molecule has 0 aliphatic rings. The minimum atomic E-state index is -0.134. The van der Waals surface area contributed by atoms with Crippen LogP contribution in [0.1, 0.15) is 6.42 Å². The first kappa shape index (κ1) is 14.1. The maximum absolute atomic E-state index is 11.8. The molecule has 0 radical (unpaired) electrons. The van der Waals surface area contributed by atoms with Crippen molar-refractivity contribution in [3.8, 4) is 0 Å². The monoisotopic (exact) mass is 291 g/mol. The fourth-order valence-corrected chi connectivity index (χ4v) is 1.79. The van der Waals surface area contributed by atoms with E-state index >= 15 is 0 Å². The van der Waals surface area contributed by atoms with Gasteiger partial charge in [0, 0.05) is 43.2 Å². The maximum Gasteiger partial charge on any atom is 0.226 e. The highest BCUT2D eigenvalue weighted by atomic mass is 35.5. The molecule has 0 fully saturated rings. The predicted molar refractivity (Wildman–Crippen MR) is 79.8 cm³/mol. The number of aromatic nitrogens is 1. The summed E-state index contributed by atoms with van der Waals surface area (Å²) in [6.45, 7) is 0.495. The SMILES string of the molecule is Nc1cc(NC(=O)CCn2ccc(=O)cc2)ccc1Cl.